The van der Waals surface area contributed by atoms with Gasteiger partial charge in [0.05, 0.1) is 5.56 Å². The number of pyridine rings is 1. The van der Waals surface area contributed by atoms with E-state index in [0.717, 1.165) is 5.56 Å². The Bertz CT molecular complexity index is 869. The number of carbonyl (C=O) groups excluding carboxylic acids is 2. The number of amides is 2. The van der Waals surface area contributed by atoms with Crippen molar-refractivity contribution in [1.29, 1.82) is 0 Å². The predicted octanol–water partition coefficient (Wildman–Crippen LogP) is 3.33. The fraction of sp³-hybridized carbons (Fsp3) is 0.263. The minimum Gasteiger partial charge on any atom is -0.478 e. The van der Waals surface area contributed by atoms with Gasteiger partial charge in [-0.2, -0.15) is 0 Å². The Balaban J connectivity index is 2.21. The predicted molar refractivity (Wildman–Crippen MR) is 98.4 cm³/mol. The van der Waals surface area contributed by atoms with Gasteiger partial charge in [-0.05, 0) is 36.8 Å². The first-order chi connectivity index (χ1) is 12.1. The Morgan fingerprint density at radius 1 is 1.04 bits per heavy atom. The van der Waals surface area contributed by atoms with Gasteiger partial charge in [0.2, 0.25) is 5.91 Å². The molecular weight excluding hydrogens is 334 g/mol. The maximum absolute atomic E-state index is 12.3. The van der Waals surface area contributed by atoms with E-state index in [-0.39, 0.29) is 17.2 Å². The number of hydrogen-bond donors (Lipinski definition) is 3. The lowest BCUT2D eigenvalue weighted by Gasteiger charge is -2.19. The number of rotatable bonds is 4. The second kappa shape index (κ2) is 7.35. The molecule has 0 fully saturated rings. The van der Waals surface area contributed by atoms with Crippen LogP contribution in [0.3, 0.4) is 0 Å². The van der Waals surface area contributed by atoms with Gasteiger partial charge in [-0.1, -0.05) is 26.8 Å². The van der Waals surface area contributed by atoms with Crippen molar-refractivity contribution in [2.24, 2.45) is 5.41 Å². The van der Waals surface area contributed by atoms with Crippen LogP contribution in [0.4, 0.5) is 11.4 Å². The number of aromatic carboxylic acids is 1. The van der Waals surface area contributed by atoms with Crippen molar-refractivity contribution in [2.45, 2.75) is 27.7 Å². The Morgan fingerprint density at radius 2 is 1.73 bits per heavy atom. The quantitative estimate of drug-likeness (QED) is 0.779. The lowest BCUT2D eigenvalue weighted by Crippen LogP contribution is -2.28. The summed E-state index contributed by atoms with van der Waals surface area (Å²) in [5, 5.41) is 14.5. The first kappa shape index (κ1) is 19.1. The highest BCUT2D eigenvalue weighted by Gasteiger charge is 2.22. The zero-order chi connectivity index (χ0) is 19.5. The van der Waals surface area contributed by atoms with E-state index in [9.17, 15) is 14.4 Å². The van der Waals surface area contributed by atoms with Gasteiger partial charge >= 0.3 is 5.97 Å². The van der Waals surface area contributed by atoms with Gasteiger partial charge in [0.25, 0.3) is 5.91 Å². The third-order valence-corrected chi connectivity index (χ3v) is 3.66. The fourth-order valence-corrected chi connectivity index (χ4v) is 2.03. The van der Waals surface area contributed by atoms with E-state index in [1.54, 1.807) is 18.2 Å². The fourth-order valence-electron chi connectivity index (χ4n) is 2.03. The van der Waals surface area contributed by atoms with Crippen molar-refractivity contribution in [3.8, 4) is 0 Å². The molecule has 0 atom stereocenters. The van der Waals surface area contributed by atoms with E-state index in [0.29, 0.717) is 11.4 Å². The number of carbonyl (C=O) groups is 3. The molecule has 0 aliphatic carbocycles. The maximum Gasteiger partial charge on any atom is 0.335 e. The Kier molecular flexibility index (Phi) is 5.40. The van der Waals surface area contributed by atoms with Gasteiger partial charge < -0.3 is 15.7 Å². The molecule has 0 unspecified atom stereocenters. The molecule has 0 saturated heterocycles. The number of carboxylic acid groups (broad SMARTS) is 1. The van der Waals surface area contributed by atoms with Crippen molar-refractivity contribution >= 4 is 29.2 Å². The van der Waals surface area contributed by atoms with Crippen LogP contribution >= 0.6 is 0 Å². The largest absolute Gasteiger partial charge is 0.478 e. The average Bonchev–Trinajstić information content (AvgIpc) is 2.57. The smallest absolute Gasteiger partial charge is 0.335 e. The maximum atomic E-state index is 12.3. The van der Waals surface area contributed by atoms with E-state index in [2.05, 4.69) is 15.6 Å². The number of carboxylic acids is 1. The lowest BCUT2D eigenvalue weighted by molar-refractivity contribution is -0.123. The lowest BCUT2D eigenvalue weighted by atomic mass is 9.95. The number of anilines is 2. The molecule has 2 aromatic rings. The number of nitrogens with zero attached hydrogens (tertiary/aromatic N) is 1. The van der Waals surface area contributed by atoms with Crippen molar-refractivity contribution in [3.05, 3.63) is 53.3 Å². The molecule has 0 radical (unpaired) electrons. The third-order valence-electron chi connectivity index (χ3n) is 3.66. The molecular formula is C19H21N3O4. The van der Waals surface area contributed by atoms with Crippen LogP contribution in [0.1, 0.15) is 47.2 Å². The summed E-state index contributed by atoms with van der Waals surface area (Å²) in [4.78, 5) is 39.4. The molecule has 2 rings (SSSR count). The van der Waals surface area contributed by atoms with Crippen LogP contribution in [0.15, 0.2) is 36.5 Å². The Labute approximate surface area is 151 Å². The summed E-state index contributed by atoms with van der Waals surface area (Å²) >= 11 is 0. The number of aryl methyl sites for hydroxylation is 1. The van der Waals surface area contributed by atoms with Gasteiger partial charge in [-0.15, -0.1) is 0 Å². The van der Waals surface area contributed by atoms with Crippen LogP contribution in [0.25, 0.3) is 0 Å². The molecule has 1 heterocycles. The summed E-state index contributed by atoms with van der Waals surface area (Å²) in [6.07, 6.45) is 1.27. The molecule has 1 aromatic heterocycles. The SMILES string of the molecule is Cc1ccc(NC(=O)c2cc(C(=O)O)ccn2)cc1NC(=O)C(C)(C)C. The van der Waals surface area contributed by atoms with Gasteiger partial charge in [0.1, 0.15) is 5.69 Å². The van der Waals surface area contributed by atoms with E-state index in [1.807, 2.05) is 27.7 Å². The monoisotopic (exact) mass is 355 g/mol. The minimum atomic E-state index is -1.14. The van der Waals surface area contributed by atoms with Crippen molar-refractivity contribution in [3.63, 3.8) is 0 Å². The summed E-state index contributed by atoms with van der Waals surface area (Å²) in [6.45, 7) is 7.28. The highest BCUT2D eigenvalue weighted by molar-refractivity contribution is 6.04. The second-order valence-electron chi connectivity index (χ2n) is 6.92. The summed E-state index contributed by atoms with van der Waals surface area (Å²) in [7, 11) is 0. The summed E-state index contributed by atoms with van der Waals surface area (Å²) in [5.41, 5.74) is 1.33. The zero-order valence-electron chi connectivity index (χ0n) is 15.1. The Morgan fingerprint density at radius 3 is 2.35 bits per heavy atom. The molecule has 0 spiro atoms. The van der Waals surface area contributed by atoms with Gasteiger partial charge in [0.15, 0.2) is 0 Å². The summed E-state index contributed by atoms with van der Waals surface area (Å²) < 4.78 is 0. The van der Waals surface area contributed by atoms with Gasteiger partial charge in [-0.3, -0.25) is 14.6 Å². The molecule has 0 bridgehead atoms. The van der Waals surface area contributed by atoms with Crippen LogP contribution < -0.4 is 10.6 Å². The van der Waals surface area contributed by atoms with Crippen LogP contribution in [-0.4, -0.2) is 27.9 Å². The van der Waals surface area contributed by atoms with E-state index >= 15 is 0 Å². The van der Waals surface area contributed by atoms with Crippen molar-refractivity contribution in [1.82, 2.24) is 4.98 Å². The van der Waals surface area contributed by atoms with Crippen LogP contribution in [0.2, 0.25) is 0 Å². The molecule has 2 amide bonds. The molecule has 7 heteroatoms. The Hall–Kier alpha value is -3.22. The standard InChI is InChI=1S/C19H21N3O4/c1-11-5-6-13(10-14(11)22-18(26)19(2,3)4)21-16(23)15-9-12(17(24)25)7-8-20-15/h5-10H,1-4H3,(H,21,23)(H,22,26)(H,24,25). The molecule has 26 heavy (non-hydrogen) atoms. The molecule has 3 N–H and O–H groups in total. The second-order valence-corrected chi connectivity index (χ2v) is 6.92. The van der Waals surface area contributed by atoms with Gasteiger partial charge in [0, 0.05) is 23.0 Å². The molecule has 0 saturated carbocycles. The number of aromatic nitrogens is 1. The average molecular weight is 355 g/mol. The van der Waals surface area contributed by atoms with E-state index in [4.69, 9.17) is 5.11 Å². The number of hydrogen-bond acceptors (Lipinski definition) is 4. The molecule has 136 valence electrons. The third kappa shape index (κ3) is 4.66. The van der Waals surface area contributed by atoms with Gasteiger partial charge in [-0.25, -0.2) is 4.79 Å². The number of nitrogens with one attached hydrogen (secondary N) is 2. The van der Waals surface area contributed by atoms with Crippen LogP contribution in [0, 0.1) is 12.3 Å². The number of benzene rings is 1. The molecule has 1 aromatic carbocycles. The summed E-state index contributed by atoms with van der Waals surface area (Å²) in [6, 6.07) is 7.63. The highest BCUT2D eigenvalue weighted by atomic mass is 16.4. The van der Waals surface area contributed by atoms with Crippen molar-refractivity contribution in [2.75, 3.05) is 10.6 Å². The normalized spacial score (nSPS) is 10.9. The first-order valence-corrected chi connectivity index (χ1v) is 8.01. The summed E-state index contributed by atoms with van der Waals surface area (Å²) in [5.74, 6) is -1.81. The van der Waals surface area contributed by atoms with Crippen LogP contribution in [0.5, 0.6) is 0 Å². The molecule has 0 aliphatic heterocycles. The molecule has 0 aliphatic rings. The topological polar surface area (TPSA) is 108 Å². The minimum absolute atomic E-state index is 0.00856. The van der Waals surface area contributed by atoms with Crippen molar-refractivity contribution < 1.29 is 19.5 Å². The van der Waals surface area contributed by atoms with E-state index < -0.39 is 17.3 Å². The van der Waals surface area contributed by atoms with E-state index in [1.165, 1.54) is 18.3 Å². The highest BCUT2D eigenvalue weighted by Crippen LogP contribution is 2.24. The zero-order valence-corrected chi connectivity index (χ0v) is 15.1. The first-order valence-electron chi connectivity index (χ1n) is 8.01. The van der Waals surface area contributed by atoms with Crippen LogP contribution in [-0.2, 0) is 4.79 Å². The molecule has 7 nitrogen and oxygen atoms in total.